The minimum absolute atomic E-state index is 0.699. The molecule has 1 N–H and O–H groups in total. The van der Waals surface area contributed by atoms with E-state index in [1.165, 1.54) is 11.3 Å². The summed E-state index contributed by atoms with van der Waals surface area (Å²) >= 11 is 0. The fourth-order valence-electron chi connectivity index (χ4n) is 3.47. The summed E-state index contributed by atoms with van der Waals surface area (Å²) in [6.07, 6.45) is 3.65. The van der Waals surface area contributed by atoms with Gasteiger partial charge in [-0.25, -0.2) is 4.98 Å². The van der Waals surface area contributed by atoms with E-state index in [1.807, 2.05) is 25.3 Å². The smallest absolute Gasteiger partial charge is 0.227 e. The predicted octanol–water partition coefficient (Wildman–Crippen LogP) is 3.43. The van der Waals surface area contributed by atoms with E-state index in [4.69, 9.17) is 4.98 Å². The molecule has 1 fully saturated rings. The summed E-state index contributed by atoms with van der Waals surface area (Å²) in [5.41, 5.74) is 4.70. The molecule has 1 aliphatic rings. The van der Waals surface area contributed by atoms with Crippen LogP contribution in [-0.2, 0) is 6.54 Å². The number of nitrogens with zero attached hydrogens (tertiary/aromatic N) is 5. The predicted molar refractivity (Wildman–Crippen MR) is 114 cm³/mol. The molecule has 1 aromatic carbocycles. The normalized spacial score (nSPS) is 14.2. The van der Waals surface area contributed by atoms with Gasteiger partial charge in [0, 0.05) is 62.6 Å². The molecule has 3 heterocycles. The minimum atomic E-state index is 0.699. The first-order valence-corrected chi connectivity index (χ1v) is 9.72. The third-order valence-corrected chi connectivity index (χ3v) is 4.97. The quantitative estimate of drug-likeness (QED) is 0.738. The molecule has 0 amide bonds. The highest BCUT2D eigenvalue weighted by molar-refractivity contribution is 5.51. The van der Waals surface area contributed by atoms with Gasteiger partial charge in [-0.3, -0.25) is 4.98 Å². The molecule has 144 valence electrons. The van der Waals surface area contributed by atoms with Crippen molar-refractivity contribution < 1.29 is 0 Å². The highest BCUT2D eigenvalue weighted by atomic mass is 15.3. The van der Waals surface area contributed by atoms with Crippen molar-refractivity contribution in [2.45, 2.75) is 20.4 Å². The molecule has 0 aliphatic carbocycles. The SMILES string of the molecule is Cc1cccc(N2CCN(c3nc(C)cc(NCc4cccnc4)n3)CC2)c1. The van der Waals surface area contributed by atoms with Crippen LogP contribution in [-0.4, -0.2) is 41.1 Å². The summed E-state index contributed by atoms with van der Waals surface area (Å²) in [5, 5.41) is 3.39. The van der Waals surface area contributed by atoms with Crippen molar-refractivity contribution in [2.24, 2.45) is 0 Å². The van der Waals surface area contributed by atoms with E-state index in [0.29, 0.717) is 6.54 Å². The molecular formula is C22H26N6. The zero-order valence-corrected chi connectivity index (χ0v) is 16.5. The molecule has 0 spiro atoms. The van der Waals surface area contributed by atoms with Gasteiger partial charge in [0.25, 0.3) is 0 Å². The van der Waals surface area contributed by atoms with Crippen molar-refractivity contribution >= 4 is 17.5 Å². The Bertz CT molecular complexity index is 919. The molecule has 1 aliphatic heterocycles. The molecule has 1 saturated heterocycles. The molecule has 0 saturated carbocycles. The number of anilines is 3. The van der Waals surface area contributed by atoms with Gasteiger partial charge in [-0.1, -0.05) is 18.2 Å². The summed E-state index contributed by atoms with van der Waals surface area (Å²) in [5.74, 6) is 1.66. The topological polar surface area (TPSA) is 57.2 Å². The Morgan fingerprint density at radius 3 is 2.50 bits per heavy atom. The number of hydrogen-bond acceptors (Lipinski definition) is 6. The van der Waals surface area contributed by atoms with Crippen molar-refractivity contribution in [1.82, 2.24) is 15.0 Å². The third-order valence-electron chi connectivity index (χ3n) is 4.97. The molecule has 28 heavy (non-hydrogen) atoms. The van der Waals surface area contributed by atoms with Crippen LogP contribution in [0.2, 0.25) is 0 Å². The first-order chi connectivity index (χ1) is 13.7. The van der Waals surface area contributed by atoms with Crippen LogP contribution in [0.1, 0.15) is 16.8 Å². The maximum Gasteiger partial charge on any atom is 0.227 e. The van der Waals surface area contributed by atoms with Crippen LogP contribution in [0.25, 0.3) is 0 Å². The van der Waals surface area contributed by atoms with E-state index in [1.54, 1.807) is 6.20 Å². The first kappa shape index (κ1) is 18.2. The van der Waals surface area contributed by atoms with Crippen LogP contribution >= 0.6 is 0 Å². The van der Waals surface area contributed by atoms with Crippen LogP contribution in [0.5, 0.6) is 0 Å². The standard InChI is InChI=1S/C22H26N6/c1-17-5-3-7-20(13-17)27-9-11-28(12-10-27)22-25-18(2)14-21(26-22)24-16-19-6-4-8-23-15-19/h3-8,13-15H,9-12,16H2,1-2H3,(H,24,25,26). The Kier molecular flexibility index (Phi) is 5.37. The van der Waals surface area contributed by atoms with Gasteiger partial charge in [0.15, 0.2) is 0 Å². The fourth-order valence-corrected chi connectivity index (χ4v) is 3.47. The van der Waals surface area contributed by atoms with Crippen molar-refractivity contribution in [3.63, 3.8) is 0 Å². The molecule has 6 nitrogen and oxygen atoms in total. The van der Waals surface area contributed by atoms with Gasteiger partial charge in [0.2, 0.25) is 5.95 Å². The Hall–Kier alpha value is -3.15. The largest absolute Gasteiger partial charge is 0.368 e. The van der Waals surface area contributed by atoms with Crippen LogP contribution in [0.4, 0.5) is 17.5 Å². The van der Waals surface area contributed by atoms with Crippen LogP contribution in [0.3, 0.4) is 0 Å². The molecular weight excluding hydrogens is 348 g/mol. The van der Waals surface area contributed by atoms with Gasteiger partial charge in [0.05, 0.1) is 0 Å². The average molecular weight is 374 g/mol. The van der Waals surface area contributed by atoms with E-state index < -0.39 is 0 Å². The Labute approximate surface area is 166 Å². The van der Waals surface area contributed by atoms with Gasteiger partial charge in [-0.05, 0) is 43.2 Å². The lowest BCUT2D eigenvalue weighted by molar-refractivity contribution is 0.639. The Morgan fingerprint density at radius 1 is 0.929 bits per heavy atom. The van der Waals surface area contributed by atoms with Gasteiger partial charge >= 0.3 is 0 Å². The minimum Gasteiger partial charge on any atom is -0.368 e. The number of hydrogen-bond donors (Lipinski definition) is 1. The molecule has 3 aromatic rings. The molecule has 2 aromatic heterocycles. The monoisotopic (exact) mass is 374 g/mol. The average Bonchev–Trinajstić information content (AvgIpc) is 2.73. The maximum atomic E-state index is 4.75. The second kappa shape index (κ2) is 8.25. The summed E-state index contributed by atoms with van der Waals surface area (Å²) in [7, 11) is 0. The maximum absolute atomic E-state index is 4.75. The van der Waals surface area contributed by atoms with E-state index in [2.05, 4.69) is 62.3 Å². The van der Waals surface area contributed by atoms with Gasteiger partial charge < -0.3 is 15.1 Å². The summed E-state index contributed by atoms with van der Waals surface area (Å²) in [6, 6.07) is 14.7. The lowest BCUT2D eigenvalue weighted by Gasteiger charge is -2.36. The van der Waals surface area contributed by atoms with Crippen LogP contribution in [0, 0.1) is 13.8 Å². The van der Waals surface area contributed by atoms with E-state index >= 15 is 0 Å². The van der Waals surface area contributed by atoms with E-state index in [0.717, 1.165) is 49.2 Å². The summed E-state index contributed by atoms with van der Waals surface area (Å²) < 4.78 is 0. The molecule has 0 atom stereocenters. The first-order valence-electron chi connectivity index (χ1n) is 9.72. The van der Waals surface area contributed by atoms with Gasteiger partial charge in [-0.2, -0.15) is 4.98 Å². The van der Waals surface area contributed by atoms with Crippen molar-refractivity contribution in [1.29, 1.82) is 0 Å². The van der Waals surface area contributed by atoms with Crippen molar-refractivity contribution in [3.8, 4) is 0 Å². The molecule has 6 heteroatoms. The number of pyridine rings is 1. The Balaban J connectivity index is 1.41. The highest BCUT2D eigenvalue weighted by Gasteiger charge is 2.20. The fraction of sp³-hybridized carbons (Fsp3) is 0.318. The molecule has 0 radical (unpaired) electrons. The summed E-state index contributed by atoms with van der Waals surface area (Å²) in [4.78, 5) is 18.3. The van der Waals surface area contributed by atoms with E-state index in [-0.39, 0.29) is 0 Å². The van der Waals surface area contributed by atoms with E-state index in [9.17, 15) is 0 Å². The number of benzene rings is 1. The number of nitrogens with one attached hydrogen (secondary N) is 1. The van der Waals surface area contributed by atoms with Gasteiger partial charge in [0.1, 0.15) is 5.82 Å². The van der Waals surface area contributed by atoms with Crippen LogP contribution in [0.15, 0.2) is 54.9 Å². The van der Waals surface area contributed by atoms with Crippen LogP contribution < -0.4 is 15.1 Å². The summed E-state index contributed by atoms with van der Waals surface area (Å²) in [6.45, 7) is 8.63. The zero-order valence-electron chi connectivity index (χ0n) is 16.5. The lowest BCUT2D eigenvalue weighted by Crippen LogP contribution is -2.47. The molecule has 0 bridgehead atoms. The second-order valence-electron chi connectivity index (χ2n) is 7.22. The number of aromatic nitrogens is 3. The van der Waals surface area contributed by atoms with Crippen molar-refractivity contribution in [2.75, 3.05) is 41.3 Å². The Morgan fingerprint density at radius 2 is 1.75 bits per heavy atom. The zero-order chi connectivity index (χ0) is 19.3. The third kappa shape index (κ3) is 4.39. The number of piperazine rings is 1. The number of aryl methyl sites for hydroxylation is 2. The lowest BCUT2D eigenvalue weighted by atomic mass is 10.2. The highest BCUT2D eigenvalue weighted by Crippen LogP contribution is 2.21. The van der Waals surface area contributed by atoms with Gasteiger partial charge in [-0.15, -0.1) is 0 Å². The van der Waals surface area contributed by atoms with Crippen molar-refractivity contribution in [3.05, 3.63) is 71.7 Å². The molecule has 0 unspecified atom stereocenters. The molecule has 4 rings (SSSR count). The second-order valence-corrected chi connectivity index (χ2v) is 7.22. The number of rotatable bonds is 5.